The lowest BCUT2D eigenvalue weighted by atomic mass is 9.94. The first-order valence-electron chi connectivity index (χ1n) is 6.12. The molecule has 1 aliphatic rings. The van der Waals surface area contributed by atoms with Crippen LogP contribution >= 0.6 is 27.3 Å². The summed E-state index contributed by atoms with van der Waals surface area (Å²) in [4.78, 5) is 15.1. The van der Waals surface area contributed by atoms with Crippen LogP contribution in [-0.2, 0) is 0 Å². The third-order valence-electron chi connectivity index (χ3n) is 3.51. The second-order valence-corrected chi connectivity index (χ2v) is 7.15. The van der Waals surface area contributed by atoms with Crippen LogP contribution in [0, 0.1) is 6.92 Å². The summed E-state index contributed by atoms with van der Waals surface area (Å²) in [5.41, 5.74) is 1.15. The maximum atomic E-state index is 12.3. The van der Waals surface area contributed by atoms with E-state index in [9.17, 15) is 4.79 Å². The summed E-state index contributed by atoms with van der Waals surface area (Å²) < 4.78 is 1.07. The van der Waals surface area contributed by atoms with Crippen molar-refractivity contribution in [2.24, 2.45) is 0 Å². The molecule has 0 saturated heterocycles. The molecule has 1 saturated carbocycles. The van der Waals surface area contributed by atoms with Crippen molar-refractivity contribution in [3.05, 3.63) is 20.3 Å². The Morgan fingerprint density at radius 2 is 2.06 bits per heavy atom. The van der Waals surface area contributed by atoms with Gasteiger partial charge in [0.15, 0.2) is 0 Å². The molecule has 1 aliphatic carbocycles. The van der Waals surface area contributed by atoms with Crippen molar-refractivity contribution in [2.75, 3.05) is 7.05 Å². The van der Waals surface area contributed by atoms with Gasteiger partial charge in [0.1, 0.15) is 0 Å². The van der Waals surface area contributed by atoms with Gasteiger partial charge < -0.3 is 4.90 Å². The Kier molecular flexibility index (Phi) is 4.26. The molecule has 1 fully saturated rings. The quantitative estimate of drug-likeness (QED) is 0.800. The number of nitrogens with zero attached hydrogens (tertiary/aromatic N) is 1. The molecule has 4 heteroatoms. The molecule has 1 amide bonds. The van der Waals surface area contributed by atoms with Crippen molar-refractivity contribution in [3.63, 3.8) is 0 Å². The summed E-state index contributed by atoms with van der Waals surface area (Å²) >= 11 is 5.02. The van der Waals surface area contributed by atoms with Gasteiger partial charge in [-0.05, 0) is 47.3 Å². The summed E-state index contributed by atoms with van der Waals surface area (Å²) in [6.07, 6.45) is 6.16. The number of aryl methyl sites for hydroxylation is 1. The fourth-order valence-corrected chi connectivity index (χ4v) is 3.89. The van der Waals surface area contributed by atoms with Crippen LogP contribution in [-0.4, -0.2) is 23.9 Å². The highest BCUT2D eigenvalue weighted by molar-refractivity contribution is 9.11. The maximum absolute atomic E-state index is 12.3. The smallest absolute Gasteiger partial charge is 0.263 e. The number of amides is 1. The molecule has 0 spiro atoms. The monoisotopic (exact) mass is 315 g/mol. The summed E-state index contributed by atoms with van der Waals surface area (Å²) in [5, 5.41) is 0. The van der Waals surface area contributed by atoms with Gasteiger partial charge in [-0.2, -0.15) is 0 Å². The minimum absolute atomic E-state index is 0.177. The molecular weight excluding hydrogens is 298 g/mol. The number of hydrogen-bond acceptors (Lipinski definition) is 2. The van der Waals surface area contributed by atoms with Crippen LogP contribution in [0.4, 0.5) is 0 Å². The average Bonchev–Trinajstić information content (AvgIpc) is 2.69. The van der Waals surface area contributed by atoms with E-state index in [1.165, 1.54) is 19.3 Å². The summed E-state index contributed by atoms with van der Waals surface area (Å²) in [7, 11) is 1.95. The van der Waals surface area contributed by atoms with Crippen molar-refractivity contribution < 1.29 is 4.79 Å². The highest BCUT2D eigenvalue weighted by Gasteiger charge is 2.24. The summed E-state index contributed by atoms with van der Waals surface area (Å²) in [6, 6.07) is 2.42. The predicted molar refractivity (Wildman–Crippen MR) is 75.7 cm³/mol. The first kappa shape index (κ1) is 13.1. The van der Waals surface area contributed by atoms with Crippen LogP contribution < -0.4 is 0 Å². The van der Waals surface area contributed by atoms with Gasteiger partial charge in [-0.1, -0.05) is 19.3 Å². The van der Waals surface area contributed by atoms with E-state index >= 15 is 0 Å². The van der Waals surface area contributed by atoms with E-state index in [-0.39, 0.29) is 5.91 Å². The minimum Gasteiger partial charge on any atom is -0.338 e. The van der Waals surface area contributed by atoms with Crippen LogP contribution in [0.1, 0.15) is 47.3 Å². The third-order valence-corrected chi connectivity index (χ3v) is 5.64. The number of halogens is 1. The van der Waals surface area contributed by atoms with Crippen molar-refractivity contribution in [2.45, 2.75) is 45.1 Å². The zero-order valence-corrected chi connectivity index (χ0v) is 12.7. The van der Waals surface area contributed by atoms with Crippen molar-refractivity contribution in [3.8, 4) is 0 Å². The number of thiophene rings is 1. The standard InChI is InChI=1S/C13H18BrNOS/c1-9-8-11(17-12(9)14)13(16)15(2)10-6-4-3-5-7-10/h8,10H,3-7H2,1-2H3. The minimum atomic E-state index is 0.177. The first-order chi connectivity index (χ1) is 8.09. The maximum Gasteiger partial charge on any atom is 0.263 e. The van der Waals surface area contributed by atoms with Crippen molar-refractivity contribution in [1.82, 2.24) is 4.90 Å². The Hall–Kier alpha value is -0.350. The van der Waals surface area contributed by atoms with E-state index in [0.29, 0.717) is 6.04 Å². The average molecular weight is 316 g/mol. The van der Waals surface area contributed by atoms with Crippen LogP contribution in [0.15, 0.2) is 9.85 Å². The number of rotatable bonds is 2. The molecule has 0 unspecified atom stereocenters. The van der Waals surface area contributed by atoms with Gasteiger partial charge in [0.25, 0.3) is 5.91 Å². The molecule has 1 aromatic rings. The SMILES string of the molecule is Cc1cc(C(=O)N(C)C2CCCCC2)sc1Br. The molecule has 94 valence electrons. The third kappa shape index (κ3) is 2.91. The topological polar surface area (TPSA) is 20.3 Å². The second-order valence-electron chi connectivity index (χ2n) is 4.78. The lowest BCUT2D eigenvalue weighted by molar-refractivity contribution is 0.0701. The first-order valence-corrected chi connectivity index (χ1v) is 7.73. The molecule has 1 heterocycles. The molecule has 0 atom stereocenters. The highest BCUT2D eigenvalue weighted by Crippen LogP contribution is 2.29. The molecule has 0 aromatic carbocycles. The molecule has 2 nitrogen and oxygen atoms in total. The number of carbonyl (C=O) groups excluding carboxylic acids is 1. The molecule has 0 aliphatic heterocycles. The zero-order chi connectivity index (χ0) is 12.4. The van der Waals surface area contributed by atoms with E-state index in [2.05, 4.69) is 15.9 Å². The Labute approximate surface area is 115 Å². The van der Waals surface area contributed by atoms with E-state index in [1.807, 2.05) is 24.9 Å². The molecule has 1 aromatic heterocycles. The summed E-state index contributed by atoms with van der Waals surface area (Å²) in [5.74, 6) is 0.177. The van der Waals surface area contributed by atoms with Gasteiger partial charge >= 0.3 is 0 Å². The molecule has 2 rings (SSSR count). The molecule has 0 radical (unpaired) electrons. The van der Waals surface area contributed by atoms with E-state index in [4.69, 9.17) is 0 Å². The Morgan fingerprint density at radius 1 is 1.41 bits per heavy atom. The molecule has 0 bridgehead atoms. The van der Waals surface area contributed by atoms with E-state index < -0.39 is 0 Å². The molecule has 17 heavy (non-hydrogen) atoms. The predicted octanol–water partition coefficient (Wildman–Crippen LogP) is 4.22. The van der Waals surface area contributed by atoms with Crippen LogP contribution in [0.5, 0.6) is 0 Å². The largest absolute Gasteiger partial charge is 0.338 e. The van der Waals surface area contributed by atoms with Gasteiger partial charge in [-0.15, -0.1) is 11.3 Å². The fourth-order valence-electron chi connectivity index (χ4n) is 2.37. The number of hydrogen-bond donors (Lipinski definition) is 0. The van der Waals surface area contributed by atoms with Gasteiger partial charge in [-0.25, -0.2) is 0 Å². The van der Waals surface area contributed by atoms with E-state index in [0.717, 1.165) is 27.1 Å². The lowest BCUT2D eigenvalue weighted by Gasteiger charge is -2.30. The fraction of sp³-hybridized carbons (Fsp3) is 0.615. The van der Waals surface area contributed by atoms with Crippen LogP contribution in [0.2, 0.25) is 0 Å². The van der Waals surface area contributed by atoms with Gasteiger partial charge in [0, 0.05) is 13.1 Å². The second kappa shape index (κ2) is 5.53. The van der Waals surface area contributed by atoms with E-state index in [1.54, 1.807) is 11.3 Å². The van der Waals surface area contributed by atoms with Crippen molar-refractivity contribution >= 4 is 33.2 Å². The van der Waals surface area contributed by atoms with Crippen LogP contribution in [0.3, 0.4) is 0 Å². The Bertz CT molecular complexity index is 390. The normalized spacial score (nSPS) is 17.1. The van der Waals surface area contributed by atoms with Gasteiger partial charge in [0.2, 0.25) is 0 Å². The highest BCUT2D eigenvalue weighted by atomic mass is 79.9. The number of carbonyl (C=O) groups is 1. The van der Waals surface area contributed by atoms with Gasteiger partial charge in [-0.3, -0.25) is 4.79 Å². The van der Waals surface area contributed by atoms with Gasteiger partial charge in [0.05, 0.1) is 8.66 Å². The Balaban J connectivity index is 2.08. The lowest BCUT2D eigenvalue weighted by Crippen LogP contribution is -2.37. The zero-order valence-electron chi connectivity index (χ0n) is 10.3. The summed E-state index contributed by atoms with van der Waals surface area (Å²) in [6.45, 7) is 2.03. The molecular formula is C13H18BrNOS. The van der Waals surface area contributed by atoms with Crippen LogP contribution in [0.25, 0.3) is 0 Å². The molecule has 0 N–H and O–H groups in total. The van der Waals surface area contributed by atoms with Crippen molar-refractivity contribution in [1.29, 1.82) is 0 Å². The Morgan fingerprint density at radius 3 is 2.59 bits per heavy atom.